The molecule has 0 aliphatic carbocycles. The predicted molar refractivity (Wildman–Crippen MR) is 519 cm³/mol. The average Bonchev–Trinajstić information content (AvgIpc) is 1.60. The van der Waals surface area contributed by atoms with Crippen LogP contribution in [0.2, 0.25) is 0 Å². The molecule has 2 atom stereocenters. The molecule has 20 rings (SSSR count). The third kappa shape index (κ3) is 19.0. The first-order valence-corrected chi connectivity index (χ1v) is 47.6. The van der Waals surface area contributed by atoms with E-state index in [0.717, 1.165) is 156 Å². The lowest BCUT2D eigenvalue weighted by molar-refractivity contribution is 0.170. The highest BCUT2D eigenvalue weighted by molar-refractivity contribution is 7.86. The van der Waals surface area contributed by atoms with Gasteiger partial charge in [-0.1, -0.05) is 198 Å². The molecule has 1 N–H and O–H groups in total. The van der Waals surface area contributed by atoms with Crippen LogP contribution in [0, 0.1) is 13.8 Å². The largest absolute Gasteiger partial charge is 0.744 e. The summed E-state index contributed by atoms with van der Waals surface area (Å²) in [6, 6.07) is 117. The van der Waals surface area contributed by atoms with Gasteiger partial charge in [0.2, 0.25) is 0 Å². The first-order valence-electron chi connectivity index (χ1n) is 42.3. The Balaban J connectivity index is 0.000000160. The topological polar surface area (TPSA) is 180 Å². The number of hydrogen-bond donors (Lipinski definition) is 1. The minimum Gasteiger partial charge on any atom is -0.744 e. The Hall–Kier alpha value is -13.2. The maximum Gasteiger partial charge on any atom is 0.294 e. The van der Waals surface area contributed by atoms with Crippen molar-refractivity contribution in [3.8, 4) is 54.0 Å². The Morgan fingerprint density at radius 3 is 0.795 bits per heavy atom. The number of fused-ring (bicyclic) bond motifs is 6. The molecule has 3 aromatic heterocycles. The highest BCUT2D eigenvalue weighted by atomic mass is 32.2. The Kier molecular flexibility index (Phi) is 25.9. The molecule has 14 aromatic carbocycles. The van der Waals surface area contributed by atoms with Crippen LogP contribution in [0.3, 0.4) is 0 Å². The van der Waals surface area contributed by atoms with Crippen molar-refractivity contribution in [2.75, 3.05) is 59.2 Å². The van der Waals surface area contributed by atoms with Crippen LogP contribution in [0.5, 0.6) is 34.5 Å². The summed E-state index contributed by atoms with van der Waals surface area (Å²) in [5, 5.41) is 7.26. The van der Waals surface area contributed by atoms with E-state index in [1.54, 1.807) is 58.3 Å². The summed E-state index contributed by atoms with van der Waals surface area (Å²) in [5.74, 6) is 5.68. The van der Waals surface area contributed by atoms with Crippen molar-refractivity contribution in [2.24, 2.45) is 0 Å². The first kappa shape index (κ1) is 85.9. The predicted octanol–water partition coefficient (Wildman–Crippen LogP) is 28.7. The van der Waals surface area contributed by atoms with Crippen LogP contribution in [0.25, 0.3) is 51.8 Å². The van der Waals surface area contributed by atoms with E-state index in [1.807, 2.05) is 0 Å². The van der Waals surface area contributed by atoms with Gasteiger partial charge in [0.25, 0.3) is 10.1 Å². The Labute approximate surface area is 753 Å². The molecule has 3 aliphatic rings. The minimum absolute atomic E-state index is 0.0513. The van der Waals surface area contributed by atoms with Gasteiger partial charge in [-0.2, -0.15) is 8.42 Å². The summed E-state index contributed by atoms with van der Waals surface area (Å²) >= 11 is 5.00. The number of rotatable bonds is 20. The fourth-order valence-electron chi connectivity index (χ4n) is 15.9. The highest BCUT2D eigenvalue weighted by Gasteiger charge is 2.36. The van der Waals surface area contributed by atoms with Crippen LogP contribution in [-0.2, 0) is 20.2 Å². The SMILES string of the molecule is CCC(C)c1ccc(S(=O)(=O)O)cc1.CCC(C)c1ccc(S(=O)(=O)[O-])cc1.Cc1sc(-c2sc(-c3sc(C)c4c3OCCO4)c3c2OCCO3)c2c1OCCO2.c1ccc(N(c2ccc(N(c3ccc(N(c4ccccc4)c4ccc5ccccc5c4)cc3)c3ccc(N(c4ccccc4)c4ccc5ccccc5c4)cc3)cc2)c2ccc3ccccc3c2)cc1. The van der Waals surface area contributed by atoms with Crippen molar-refractivity contribution >= 4 is 155 Å². The summed E-state index contributed by atoms with van der Waals surface area (Å²) in [6.07, 6.45) is 1.99. The molecule has 640 valence electrons. The van der Waals surface area contributed by atoms with E-state index in [4.69, 9.17) is 33.0 Å². The third-order valence-electron chi connectivity index (χ3n) is 22.8. The van der Waals surface area contributed by atoms with Gasteiger partial charge >= 0.3 is 0 Å². The summed E-state index contributed by atoms with van der Waals surface area (Å²) in [7, 11) is -8.35. The second kappa shape index (κ2) is 38.3. The summed E-state index contributed by atoms with van der Waals surface area (Å²) in [4.78, 5) is 15.5. The minimum atomic E-state index is -4.30. The normalized spacial score (nSPS) is 13.0. The van der Waals surface area contributed by atoms with Crippen LogP contribution >= 0.6 is 34.0 Å². The van der Waals surface area contributed by atoms with Crippen molar-refractivity contribution in [1.29, 1.82) is 0 Å². The lowest BCUT2D eigenvalue weighted by atomic mass is 9.99. The average molecular weight is 1780 g/mol. The molecule has 6 heterocycles. The van der Waals surface area contributed by atoms with E-state index in [0.29, 0.717) is 51.5 Å². The van der Waals surface area contributed by atoms with Crippen LogP contribution in [0.4, 0.5) is 68.2 Å². The van der Waals surface area contributed by atoms with Gasteiger partial charge < -0.3 is 52.6 Å². The van der Waals surface area contributed by atoms with Gasteiger partial charge in [0.15, 0.2) is 34.5 Å². The van der Waals surface area contributed by atoms with Crippen LogP contribution in [-0.4, -0.2) is 65.6 Å². The molecule has 0 saturated carbocycles. The quantitative estimate of drug-likeness (QED) is 0.0711. The van der Waals surface area contributed by atoms with E-state index in [9.17, 15) is 21.4 Å². The number of thiophene rings is 3. The molecule has 0 amide bonds. The fraction of sp³-hybridized carbons (Fsp3) is 0.151. The number of para-hydroxylation sites is 3. The Morgan fingerprint density at radius 2 is 0.520 bits per heavy atom. The second-order valence-corrected chi connectivity index (χ2v) is 37.2. The van der Waals surface area contributed by atoms with E-state index in [1.165, 1.54) is 56.6 Å². The molecule has 0 saturated heterocycles. The number of hydrogen-bond acceptors (Lipinski definition) is 18. The maximum absolute atomic E-state index is 10.7. The molecular weight excluding hydrogens is 1680 g/mol. The molecule has 3 aliphatic heterocycles. The molecule has 127 heavy (non-hydrogen) atoms. The first-order chi connectivity index (χ1) is 61.8. The number of aryl methyl sites for hydroxylation is 2. The van der Waals surface area contributed by atoms with E-state index in [-0.39, 0.29) is 9.79 Å². The summed E-state index contributed by atoms with van der Waals surface area (Å²) < 4.78 is 98.0. The Bertz CT molecular complexity index is 6380. The van der Waals surface area contributed by atoms with Crippen molar-refractivity contribution in [3.05, 3.63) is 361 Å². The zero-order valence-electron chi connectivity index (χ0n) is 70.9. The number of anilines is 12. The monoisotopic (exact) mass is 1770 g/mol. The standard InChI is InChI=1S/C66H48N4.C20H18O6S3.2C10H14O3S/c1-4-22-55(23-5-1)68(64-31-28-49-16-10-13-19-52(49)46-64)61-40-34-58(35-41-61)67(59-36-42-62(43-37-59)69(56-24-6-2-7-25-56)65-32-29-50-17-11-14-20-53(50)47-65)60-38-44-63(45-39-60)70(57-26-8-3-9-27-57)66-33-30-51-18-12-15-21-54(51)48-66;1-9-11-13(23-5-3-21-11)17(27-9)19-15-16(26-8-7-25-15)20(29-19)18-14-12(10(2)28-18)22-4-6-24-14;2*1-3-8(2)9-4-6-10(7-5-9)14(11,12)13/h1-48H;3-8H2,1-2H3;2*4-8H,3H2,1-2H3,(H,11,12,13)/p-1. The fourth-order valence-corrected chi connectivity index (χ4v) is 20.3. The van der Waals surface area contributed by atoms with Gasteiger partial charge in [0, 0.05) is 78.0 Å². The lowest BCUT2D eigenvalue weighted by Crippen LogP contribution is -2.16. The number of ether oxygens (including phenoxy) is 6. The number of nitrogens with zero attached hydrogens (tertiary/aromatic N) is 4. The molecule has 0 radical (unpaired) electrons. The molecule has 2 unspecified atom stereocenters. The maximum atomic E-state index is 10.7. The van der Waals surface area contributed by atoms with Gasteiger partial charge in [-0.15, -0.1) is 34.0 Å². The molecule has 17 aromatic rings. The van der Waals surface area contributed by atoms with E-state index >= 15 is 0 Å². The van der Waals surface area contributed by atoms with Gasteiger partial charge in [-0.05, 0) is 252 Å². The van der Waals surface area contributed by atoms with Gasteiger partial charge in [-0.25, -0.2) is 8.42 Å². The van der Waals surface area contributed by atoms with Crippen molar-refractivity contribution in [3.63, 3.8) is 0 Å². The van der Waals surface area contributed by atoms with E-state index < -0.39 is 20.2 Å². The lowest BCUT2D eigenvalue weighted by Gasteiger charge is -2.30. The third-order valence-corrected chi connectivity index (χ3v) is 28.1. The van der Waals surface area contributed by atoms with Gasteiger partial charge in [0.05, 0.1) is 29.3 Å². The highest BCUT2D eigenvalue weighted by Crippen LogP contribution is 2.63. The second-order valence-electron chi connectivity index (χ2n) is 31.0. The molecular formula is C106H93N4O12S5-. The smallest absolute Gasteiger partial charge is 0.294 e. The van der Waals surface area contributed by atoms with Crippen LogP contribution in [0.1, 0.15) is 73.3 Å². The molecule has 0 bridgehead atoms. The van der Waals surface area contributed by atoms with Crippen LogP contribution < -0.4 is 48.0 Å². The number of benzene rings is 14. The molecule has 21 heteroatoms. The van der Waals surface area contributed by atoms with Gasteiger partial charge in [-0.3, -0.25) is 4.55 Å². The van der Waals surface area contributed by atoms with E-state index in [2.05, 4.69) is 352 Å². The summed E-state index contributed by atoms with van der Waals surface area (Å²) in [6.45, 7) is 15.7. The zero-order valence-corrected chi connectivity index (χ0v) is 75.0. The zero-order chi connectivity index (χ0) is 87.7. The molecule has 0 fully saturated rings. The van der Waals surface area contributed by atoms with Crippen molar-refractivity contribution in [2.45, 2.75) is 76.0 Å². The Morgan fingerprint density at radius 1 is 0.291 bits per heavy atom. The van der Waals surface area contributed by atoms with Gasteiger partial charge in [0.1, 0.15) is 49.8 Å². The van der Waals surface area contributed by atoms with Crippen molar-refractivity contribution < 1.29 is 54.4 Å². The van der Waals surface area contributed by atoms with Crippen molar-refractivity contribution in [1.82, 2.24) is 0 Å². The summed E-state index contributed by atoms with van der Waals surface area (Å²) in [5.41, 5.74) is 15.1. The molecule has 16 nitrogen and oxygen atoms in total. The molecule has 0 spiro atoms. The van der Waals surface area contributed by atoms with Crippen LogP contribution in [0.15, 0.2) is 350 Å².